The standard InChI is InChI=1S/C13H16N2OS/c1-9-15-10(8-17-9)7-12(14)11-5-3-4-6-13(11)16-2/h3-6,8,12H,7,14H2,1-2H3. The Hall–Kier alpha value is -1.39. The lowest BCUT2D eigenvalue weighted by Crippen LogP contribution is -2.14. The lowest BCUT2D eigenvalue weighted by molar-refractivity contribution is 0.405. The molecule has 1 heterocycles. The molecule has 1 aromatic carbocycles. The van der Waals surface area contributed by atoms with Gasteiger partial charge in [-0.25, -0.2) is 4.98 Å². The third kappa shape index (κ3) is 2.84. The van der Waals surface area contributed by atoms with E-state index in [-0.39, 0.29) is 6.04 Å². The van der Waals surface area contributed by atoms with Crippen molar-refractivity contribution in [1.82, 2.24) is 4.98 Å². The van der Waals surface area contributed by atoms with Gasteiger partial charge in [-0.3, -0.25) is 0 Å². The van der Waals surface area contributed by atoms with Crippen molar-refractivity contribution in [2.24, 2.45) is 5.73 Å². The zero-order valence-corrected chi connectivity index (χ0v) is 10.8. The van der Waals surface area contributed by atoms with Gasteiger partial charge in [0.25, 0.3) is 0 Å². The minimum Gasteiger partial charge on any atom is -0.496 e. The normalized spacial score (nSPS) is 12.4. The van der Waals surface area contributed by atoms with Crippen molar-refractivity contribution in [2.75, 3.05) is 7.11 Å². The zero-order valence-electron chi connectivity index (χ0n) is 10.0. The smallest absolute Gasteiger partial charge is 0.123 e. The first-order valence-electron chi connectivity index (χ1n) is 5.50. The molecule has 0 saturated carbocycles. The second-order valence-electron chi connectivity index (χ2n) is 3.91. The molecule has 4 heteroatoms. The molecule has 2 N–H and O–H groups in total. The first-order chi connectivity index (χ1) is 8.20. The SMILES string of the molecule is COc1ccccc1C(N)Cc1csc(C)n1. The molecule has 0 amide bonds. The maximum Gasteiger partial charge on any atom is 0.123 e. The molecule has 0 saturated heterocycles. The molecule has 1 aromatic heterocycles. The number of aryl methyl sites for hydroxylation is 1. The van der Waals surface area contributed by atoms with E-state index in [0.29, 0.717) is 0 Å². The van der Waals surface area contributed by atoms with E-state index in [4.69, 9.17) is 10.5 Å². The van der Waals surface area contributed by atoms with Crippen molar-refractivity contribution in [1.29, 1.82) is 0 Å². The number of hydrogen-bond acceptors (Lipinski definition) is 4. The lowest BCUT2D eigenvalue weighted by atomic mass is 10.0. The van der Waals surface area contributed by atoms with E-state index in [1.54, 1.807) is 18.4 Å². The number of nitrogens with zero attached hydrogens (tertiary/aromatic N) is 1. The molecule has 0 aliphatic rings. The van der Waals surface area contributed by atoms with Crippen LogP contribution in [0.2, 0.25) is 0 Å². The highest BCUT2D eigenvalue weighted by atomic mass is 32.1. The zero-order chi connectivity index (χ0) is 12.3. The van der Waals surface area contributed by atoms with Crippen molar-refractivity contribution in [3.63, 3.8) is 0 Å². The fourth-order valence-corrected chi connectivity index (χ4v) is 2.44. The molecule has 0 fully saturated rings. The molecule has 0 aliphatic carbocycles. The van der Waals surface area contributed by atoms with Gasteiger partial charge in [-0.2, -0.15) is 0 Å². The third-order valence-electron chi connectivity index (χ3n) is 2.63. The highest BCUT2D eigenvalue weighted by molar-refractivity contribution is 7.09. The first-order valence-corrected chi connectivity index (χ1v) is 6.38. The molecule has 1 unspecified atom stereocenters. The fraction of sp³-hybridized carbons (Fsp3) is 0.308. The lowest BCUT2D eigenvalue weighted by Gasteiger charge is -2.14. The number of nitrogens with two attached hydrogens (primary N) is 1. The summed E-state index contributed by atoms with van der Waals surface area (Å²) in [6, 6.07) is 7.78. The number of hydrogen-bond donors (Lipinski definition) is 1. The number of para-hydroxylation sites is 1. The van der Waals surface area contributed by atoms with E-state index < -0.39 is 0 Å². The van der Waals surface area contributed by atoms with Crippen molar-refractivity contribution in [2.45, 2.75) is 19.4 Å². The molecule has 2 aromatic rings. The molecule has 17 heavy (non-hydrogen) atoms. The van der Waals surface area contributed by atoms with Gasteiger partial charge in [-0.05, 0) is 13.0 Å². The minimum absolute atomic E-state index is 0.0763. The van der Waals surface area contributed by atoms with Crippen LogP contribution >= 0.6 is 11.3 Å². The summed E-state index contributed by atoms with van der Waals surface area (Å²) in [6.07, 6.45) is 0.741. The van der Waals surface area contributed by atoms with Gasteiger partial charge in [0.2, 0.25) is 0 Å². The van der Waals surface area contributed by atoms with Crippen molar-refractivity contribution in [3.8, 4) is 5.75 Å². The van der Waals surface area contributed by atoms with Crippen LogP contribution < -0.4 is 10.5 Å². The summed E-state index contributed by atoms with van der Waals surface area (Å²) >= 11 is 1.65. The number of thiazole rings is 1. The molecule has 0 spiro atoms. The topological polar surface area (TPSA) is 48.1 Å². The van der Waals surface area contributed by atoms with Gasteiger partial charge in [-0.1, -0.05) is 18.2 Å². The van der Waals surface area contributed by atoms with Crippen LogP contribution in [0.3, 0.4) is 0 Å². The Morgan fingerprint density at radius 1 is 1.41 bits per heavy atom. The van der Waals surface area contributed by atoms with E-state index in [9.17, 15) is 0 Å². The summed E-state index contributed by atoms with van der Waals surface area (Å²) in [7, 11) is 1.67. The average molecular weight is 248 g/mol. The summed E-state index contributed by atoms with van der Waals surface area (Å²) in [4.78, 5) is 4.43. The summed E-state index contributed by atoms with van der Waals surface area (Å²) in [5.74, 6) is 0.840. The number of aromatic nitrogens is 1. The van der Waals surface area contributed by atoms with E-state index in [0.717, 1.165) is 28.4 Å². The number of methoxy groups -OCH3 is 1. The van der Waals surface area contributed by atoms with Gasteiger partial charge in [0, 0.05) is 23.4 Å². The van der Waals surface area contributed by atoms with Crippen LogP contribution in [0.25, 0.3) is 0 Å². The first kappa shape index (κ1) is 12.1. The van der Waals surface area contributed by atoms with E-state index in [2.05, 4.69) is 10.4 Å². The minimum atomic E-state index is -0.0763. The van der Waals surface area contributed by atoms with Crippen molar-refractivity contribution in [3.05, 3.63) is 45.9 Å². The van der Waals surface area contributed by atoms with E-state index in [1.807, 2.05) is 31.2 Å². The molecule has 3 nitrogen and oxygen atoms in total. The predicted molar refractivity (Wildman–Crippen MR) is 70.5 cm³/mol. The fourth-order valence-electron chi connectivity index (χ4n) is 1.81. The average Bonchev–Trinajstić information content (AvgIpc) is 2.74. The molecule has 90 valence electrons. The van der Waals surface area contributed by atoms with Crippen LogP contribution in [-0.2, 0) is 6.42 Å². The van der Waals surface area contributed by atoms with Gasteiger partial charge < -0.3 is 10.5 Å². The van der Waals surface area contributed by atoms with Crippen LogP contribution in [0.4, 0.5) is 0 Å². The number of rotatable bonds is 4. The monoisotopic (exact) mass is 248 g/mol. The van der Waals surface area contributed by atoms with Crippen LogP contribution in [0, 0.1) is 6.92 Å². The van der Waals surface area contributed by atoms with Gasteiger partial charge in [0.05, 0.1) is 17.8 Å². The Bertz CT molecular complexity index is 496. The van der Waals surface area contributed by atoms with Crippen LogP contribution in [-0.4, -0.2) is 12.1 Å². The Morgan fingerprint density at radius 3 is 2.82 bits per heavy atom. The second-order valence-corrected chi connectivity index (χ2v) is 4.97. The van der Waals surface area contributed by atoms with Crippen LogP contribution in [0.15, 0.2) is 29.6 Å². The summed E-state index contributed by atoms with van der Waals surface area (Å²) in [6.45, 7) is 2.00. The van der Waals surface area contributed by atoms with Gasteiger partial charge in [0.15, 0.2) is 0 Å². The summed E-state index contributed by atoms with van der Waals surface area (Å²) in [5.41, 5.74) is 8.27. The molecular weight excluding hydrogens is 232 g/mol. The molecule has 0 radical (unpaired) electrons. The quantitative estimate of drug-likeness (QED) is 0.905. The van der Waals surface area contributed by atoms with E-state index in [1.165, 1.54) is 0 Å². The predicted octanol–water partition coefficient (Wildman–Crippen LogP) is 2.70. The highest BCUT2D eigenvalue weighted by Gasteiger charge is 2.13. The molecule has 0 bridgehead atoms. The maximum absolute atomic E-state index is 6.20. The summed E-state index contributed by atoms with van der Waals surface area (Å²) in [5, 5.41) is 3.14. The third-order valence-corrected chi connectivity index (χ3v) is 3.46. The Balaban J connectivity index is 2.16. The number of benzene rings is 1. The largest absolute Gasteiger partial charge is 0.496 e. The van der Waals surface area contributed by atoms with E-state index >= 15 is 0 Å². The molecule has 2 rings (SSSR count). The maximum atomic E-state index is 6.20. The number of ether oxygens (including phenoxy) is 1. The van der Waals surface area contributed by atoms with Crippen molar-refractivity contribution >= 4 is 11.3 Å². The molecular formula is C13H16N2OS. The van der Waals surface area contributed by atoms with Crippen LogP contribution in [0.1, 0.15) is 22.3 Å². The highest BCUT2D eigenvalue weighted by Crippen LogP contribution is 2.25. The molecule has 1 atom stereocenters. The Labute approximate surface area is 105 Å². The molecule has 0 aliphatic heterocycles. The van der Waals surface area contributed by atoms with Crippen molar-refractivity contribution < 1.29 is 4.74 Å². The Morgan fingerprint density at radius 2 is 2.18 bits per heavy atom. The van der Waals surface area contributed by atoms with Gasteiger partial charge in [-0.15, -0.1) is 11.3 Å². The van der Waals surface area contributed by atoms with Crippen LogP contribution in [0.5, 0.6) is 5.75 Å². The van der Waals surface area contributed by atoms with Gasteiger partial charge in [0.1, 0.15) is 5.75 Å². The second kappa shape index (κ2) is 5.29. The van der Waals surface area contributed by atoms with Gasteiger partial charge >= 0.3 is 0 Å². The summed E-state index contributed by atoms with van der Waals surface area (Å²) < 4.78 is 5.31. The Kier molecular flexibility index (Phi) is 3.76.